The lowest BCUT2D eigenvalue weighted by Gasteiger charge is -2.09. The molecule has 0 aromatic heterocycles. The molecular weight excluding hydrogens is 105 g/mol. The maximum Gasteiger partial charge on any atom is 0.244 e. The summed E-state index contributed by atoms with van der Waals surface area (Å²) in [4.78, 5) is 25.9. The van der Waals surface area contributed by atoms with Crippen LogP contribution in [-0.4, -0.2) is 16.1 Å². The summed E-state index contributed by atoms with van der Waals surface area (Å²) in [7, 11) is -4.17. The van der Waals surface area contributed by atoms with E-state index >= 15 is 0 Å². The largest absolute Gasteiger partial charge is 0.631 e. The molecule has 0 radical (unpaired) electrons. The molecule has 0 saturated heterocycles. The van der Waals surface area contributed by atoms with Gasteiger partial charge in [0.2, 0.25) is 7.94 Å². The molecule has 0 saturated carbocycles. The van der Waals surface area contributed by atoms with Crippen molar-refractivity contribution >= 4 is 7.94 Å². The molecule has 0 aliphatic rings. The third-order valence-corrected chi connectivity index (χ3v) is 0.553. The molecule has 0 unspecified atom stereocenters. The zero-order valence-corrected chi connectivity index (χ0v) is 3.80. The van der Waals surface area contributed by atoms with E-state index in [0.29, 0.717) is 0 Å². The molecule has 0 fully saturated rings. The van der Waals surface area contributed by atoms with Crippen LogP contribution in [-0.2, 0) is 0 Å². The Labute approximate surface area is 38.7 Å². The molecule has 5 heteroatoms. The normalized spacial score (nSPS) is 17.3. The molecule has 4 nitrogen and oxygen atoms in total. The Morgan fingerprint density at radius 3 is 2.50 bits per heavy atom. The Bertz CT molecular complexity index is 72.2. The van der Waals surface area contributed by atoms with Crippen molar-refractivity contribution < 1.29 is 17.5 Å². The quantitative estimate of drug-likeness (QED) is 0.361. The maximum absolute atomic E-state index is 9.85. The second kappa shape index (κ2) is 1.82. The SMILES string of the molecule is [2H]N([2H])C[P+]([O-])(O)O. The van der Waals surface area contributed by atoms with Crippen molar-refractivity contribution in [2.45, 2.75) is 0 Å². The standard InChI is InChI=1S/CH6NO3P/c2-1-6(3,4)5/h1-2H2,(H2,3,4,5)/i/hD2. The third-order valence-electron chi connectivity index (χ3n) is 0.184. The Morgan fingerprint density at radius 2 is 2.50 bits per heavy atom. The Morgan fingerprint density at radius 1 is 2.00 bits per heavy atom. The molecular formula is CH6NO3P. The molecule has 0 aromatic carbocycles. The molecule has 0 heterocycles. The highest BCUT2D eigenvalue weighted by atomic mass is 31.2. The van der Waals surface area contributed by atoms with E-state index in [2.05, 4.69) is 0 Å². The summed E-state index contributed by atoms with van der Waals surface area (Å²) < 4.78 is 12.5. The molecule has 38 valence electrons. The monoisotopic (exact) mass is 113 g/mol. The van der Waals surface area contributed by atoms with Crippen molar-refractivity contribution in [3.05, 3.63) is 0 Å². The molecule has 0 atom stereocenters. The fraction of sp³-hybridized carbons (Fsp3) is 1.00. The predicted molar refractivity (Wildman–Crippen MR) is 20.4 cm³/mol. The molecule has 0 aliphatic carbocycles. The average Bonchev–Trinajstić information content (AvgIpc) is 1.21. The van der Waals surface area contributed by atoms with Crippen LogP contribution in [0.25, 0.3) is 0 Å². The first-order valence-electron chi connectivity index (χ1n) is 2.11. The van der Waals surface area contributed by atoms with Crippen molar-refractivity contribution in [3.8, 4) is 0 Å². The van der Waals surface area contributed by atoms with Crippen molar-refractivity contribution in [1.29, 1.82) is 0 Å². The van der Waals surface area contributed by atoms with Gasteiger partial charge >= 0.3 is 0 Å². The Balaban J connectivity index is 3.39. The summed E-state index contributed by atoms with van der Waals surface area (Å²) in [5, 5.41) is 0. The second-order valence-electron chi connectivity index (χ2n) is 0.806. The van der Waals surface area contributed by atoms with Crippen LogP contribution in [0.2, 0.25) is 2.82 Å². The summed E-state index contributed by atoms with van der Waals surface area (Å²) in [6.45, 7) is 0. The van der Waals surface area contributed by atoms with Crippen LogP contribution >= 0.6 is 7.94 Å². The molecule has 6 heavy (non-hydrogen) atoms. The Kier molecular flexibility index (Phi) is 0.998. The van der Waals surface area contributed by atoms with E-state index in [1.165, 1.54) is 0 Å². The number of rotatable bonds is 2. The lowest BCUT2D eigenvalue weighted by molar-refractivity contribution is -0.207. The van der Waals surface area contributed by atoms with E-state index in [1.54, 1.807) is 0 Å². The van der Waals surface area contributed by atoms with E-state index < -0.39 is 14.2 Å². The highest BCUT2D eigenvalue weighted by molar-refractivity contribution is 7.57. The van der Waals surface area contributed by atoms with Crippen LogP contribution in [0.3, 0.4) is 0 Å². The maximum atomic E-state index is 9.85. The number of hydrogen-bond acceptors (Lipinski definition) is 4. The van der Waals surface area contributed by atoms with Gasteiger partial charge < -0.3 is 4.89 Å². The molecule has 0 rings (SSSR count). The molecule has 0 spiro atoms. The summed E-state index contributed by atoms with van der Waals surface area (Å²) in [5.41, 5.74) is -0.0548. The highest BCUT2D eigenvalue weighted by Crippen LogP contribution is 2.35. The van der Waals surface area contributed by atoms with Crippen molar-refractivity contribution in [1.82, 2.24) is 0 Å². The first-order valence-corrected chi connectivity index (χ1v) is 3.01. The van der Waals surface area contributed by atoms with Gasteiger partial charge in [-0.2, -0.15) is 0 Å². The van der Waals surface area contributed by atoms with Crippen LogP contribution in [0.4, 0.5) is 0 Å². The first kappa shape index (κ1) is 3.29. The lowest BCUT2D eigenvalue weighted by atomic mass is 11.6. The fourth-order valence-corrected chi connectivity index (χ4v) is 0. The molecule has 0 aromatic rings. The predicted octanol–water partition coefficient (Wildman–Crippen LogP) is -1.99. The van der Waals surface area contributed by atoms with E-state index in [9.17, 15) is 4.89 Å². The average molecular weight is 113 g/mol. The summed E-state index contributed by atoms with van der Waals surface area (Å²) in [6.07, 6.45) is -0.840. The van der Waals surface area contributed by atoms with Gasteiger partial charge in [-0.15, -0.1) is 0 Å². The number of nitrogens with two attached hydrogens (primary N) is 1. The second-order valence-corrected chi connectivity index (χ2v) is 2.42. The minimum Gasteiger partial charge on any atom is -0.631 e. The van der Waals surface area contributed by atoms with Crippen LogP contribution < -0.4 is 10.6 Å². The van der Waals surface area contributed by atoms with Crippen molar-refractivity contribution in [3.63, 3.8) is 0 Å². The molecule has 4 N–H and O–H groups in total. The van der Waals surface area contributed by atoms with Crippen LogP contribution in [0.5, 0.6) is 0 Å². The minimum absolute atomic E-state index is 0.0548. The smallest absolute Gasteiger partial charge is 0.244 e. The van der Waals surface area contributed by atoms with E-state index in [4.69, 9.17) is 12.6 Å². The summed E-state index contributed by atoms with van der Waals surface area (Å²) in [6, 6.07) is 0. The zero-order valence-electron chi connectivity index (χ0n) is 4.90. The van der Waals surface area contributed by atoms with Crippen LogP contribution in [0.15, 0.2) is 0 Å². The summed E-state index contributed by atoms with van der Waals surface area (Å²) >= 11 is 0. The molecule has 0 aliphatic heterocycles. The van der Waals surface area contributed by atoms with Gasteiger partial charge in [-0.25, -0.2) is 9.79 Å². The van der Waals surface area contributed by atoms with Crippen LogP contribution in [0.1, 0.15) is 0 Å². The van der Waals surface area contributed by atoms with Gasteiger partial charge in [-0.1, -0.05) is 0 Å². The zero-order chi connectivity index (χ0) is 6.78. The van der Waals surface area contributed by atoms with Gasteiger partial charge in [0.25, 0.3) is 0 Å². The highest BCUT2D eigenvalue weighted by Gasteiger charge is 2.11. The van der Waals surface area contributed by atoms with Crippen molar-refractivity contribution in [2.24, 2.45) is 5.72 Å². The van der Waals surface area contributed by atoms with E-state index in [-0.39, 0.29) is 5.72 Å². The summed E-state index contributed by atoms with van der Waals surface area (Å²) in [5.74, 6) is 0. The van der Waals surface area contributed by atoms with E-state index in [0.717, 1.165) is 0 Å². The lowest BCUT2D eigenvalue weighted by Crippen LogP contribution is -2.16. The Hall–Kier alpha value is 0.270. The first-order chi connectivity index (χ1) is 3.42. The number of hydrogen-bond donors (Lipinski definition) is 3. The van der Waals surface area contributed by atoms with Crippen molar-refractivity contribution in [2.75, 3.05) is 6.29 Å². The van der Waals surface area contributed by atoms with Gasteiger partial charge in [0, 0.05) is 0 Å². The van der Waals surface area contributed by atoms with E-state index in [1.807, 2.05) is 0 Å². The third kappa shape index (κ3) is 4.27. The molecule has 0 amide bonds. The topological polar surface area (TPSA) is 89.5 Å². The van der Waals surface area contributed by atoms with Gasteiger partial charge in [0.15, 0.2) is 6.29 Å². The molecule has 0 bridgehead atoms. The minimum atomic E-state index is -4.17. The van der Waals surface area contributed by atoms with Crippen LogP contribution in [0, 0.1) is 0 Å². The van der Waals surface area contributed by atoms with Gasteiger partial charge in [-0.05, 0) is 0 Å². The van der Waals surface area contributed by atoms with Gasteiger partial charge in [0.05, 0.1) is 0 Å². The van der Waals surface area contributed by atoms with Gasteiger partial charge in [-0.3, -0.25) is 5.72 Å². The fourth-order valence-electron chi connectivity index (χ4n) is 0. The van der Waals surface area contributed by atoms with Gasteiger partial charge in [0.1, 0.15) is 2.82 Å².